The third-order valence-electron chi connectivity index (χ3n) is 4.14. The lowest BCUT2D eigenvalue weighted by Crippen LogP contribution is -2.03. The Kier molecular flexibility index (Phi) is 6.95. The molecule has 0 aliphatic carbocycles. The SMILES string of the molecule is CCCCc1n[nH]c(=S)n1/N=C/c1ccccc1OCc1c(F)cccc1Cl. The van der Waals surface area contributed by atoms with Crippen molar-refractivity contribution in [3.05, 3.63) is 75.0 Å². The van der Waals surface area contributed by atoms with Crippen molar-refractivity contribution in [2.45, 2.75) is 32.8 Å². The van der Waals surface area contributed by atoms with Gasteiger partial charge in [-0.2, -0.15) is 14.9 Å². The van der Waals surface area contributed by atoms with Crippen molar-refractivity contribution >= 4 is 30.0 Å². The van der Waals surface area contributed by atoms with Crippen molar-refractivity contribution in [2.75, 3.05) is 0 Å². The number of benzene rings is 2. The van der Waals surface area contributed by atoms with E-state index in [1.807, 2.05) is 18.2 Å². The van der Waals surface area contributed by atoms with Crippen LogP contribution in [0.5, 0.6) is 5.75 Å². The van der Waals surface area contributed by atoms with Gasteiger partial charge < -0.3 is 4.74 Å². The Bertz CT molecular complexity index is 1010. The van der Waals surface area contributed by atoms with E-state index in [0.717, 1.165) is 30.7 Å². The highest BCUT2D eigenvalue weighted by Gasteiger charge is 2.09. The van der Waals surface area contributed by atoms with Gasteiger partial charge in [0.2, 0.25) is 4.77 Å². The maximum atomic E-state index is 14.0. The van der Waals surface area contributed by atoms with E-state index in [-0.39, 0.29) is 6.61 Å². The summed E-state index contributed by atoms with van der Waals surface area (Å²) in [7, 11) is 0. The fraction of sp³-hybridized carbons (Fsp3) is 0.250. The van der Waals surface area contributed by atoms with Crippen LogP contribution in [0.25, 0.3) is 0 Å². The standard InChI is InChI=1S/C20H20ClFN4OS/c1-2-3-11-19-24-25-20(28)26(19)23-12-14-7-4-5-10-18(14)27-13-15-16(21)8-6-9-17(15)22/h4-10,12H,2-3,11,13H2,1H3,(H,25,28)/b23-12+. The van der Waals surface area contributed by atoms with Crippen molar-refractivity contribution in [3.8, 4) is 5.75 Å². The molecule has 0 fully saturated rings. The Morgan fingerprint density at radius 2 is 2.11 bits per heavy atom. The summed E-state index contributed by atoms with van der Waals surface area (Å²) in [6, 6.07) is 11.9. The first-order valence-corrected chi connectivity index (χ1v) is 9.74. The van der Waals surface area contributed by atoms with E-state index in [9.17, 15) is 4.39 Å². The fourth-order valence-electron chi connectivity index (χ4n) is 2.60. The molecule has 0 saturated heterocycles. The van der Waals surface area contributed by atoms with E-state index < -0.39 is 5.82 Å². The minimum atomic E-state index is -0.399. The molecule has 0 aliphatic rings. The summed E-state index contributed by atoms with van der Waals surface area (Å²) in [4.78, 5) is 0. The summed E-state index contributed by atoms with van der Waals surface area (Å²) in [5, 5.41) is 11.8. The zero-order chi connectivity index (χ0) is 19.9. The van der Waals surface area contributed by atoms with Gasteiger partial charge in [-0.25, -0.2) is 4.39 Å². The third-order valence-corrected chi connectivity index (χ3v) is 4.75. The highest BCUT2D eigenvalue weighted by molar-refractivity contribution is 7.71. The Hall–Kier alpha value is -2.51. The summed E-state index contributed by atoms with van der Waals surface area (Å²) in [5.41, 5.74) is 1.05. The predicted octanol–water partition coefficient (Wildman–Crippen LogP) is 5.54. The van der Waals surface area contributed by atoms with E-state index in [1.165, 1.54) is 6.07 Å². The number of aryl methyl sites for hydroxylation is 1. The summed E-state index contributed by atoms with van der Waals surface area (Å²) < 4.78 is 21.8. The van der Waals surface area contributed by atoms with Gasteiger partial charge in [0.05, 0.1) is 11.2 Å². The lowest BCUT2D eigenvalue weighted by atomic mass is 10.2. The Balaban J connectivity index is 1.81. The number of rotatable bonds is 8. The van der Waals surface area contributed by atoms with Crippen LogP contribution in [0.15, 0.2) is 47.6 Å². The van der Waals surface area contributed by atoms with E-state index in [4.69, 9.17) is 28.6 Å². The van der Waals surface area contributed by atoms with Gasteiger partial charge in [0.25, 0.3) is 0 Å². The van der Waals surface area contributed by atoms with Gasteiger partial charge >= 0.3 is 0 Å². The van der Waals surface area contributed by atoms with Crippen molar-refractivity contribution < 1.29 is 9.13 Å². The van der Waals surface area contributed by atoms with E-state index in [1.54, 1.807) is 29.1 Å². The van der Waals surface area contributed by atoms with Crippen LogP contribution < -0.4 is 4.74 Å². The molecule has 0 amide bonds. The van der Waals surface area contributed by atoms with Crippen molar-refractivity contribution in [2.24, 2.45) is 5.10 Å². The van der Waals surface area contributed by atoms with Gasteiger partial charge in [-0.3, -0.25) is 5.10 Å². The highest BCUT2D eigenvalue weighted by atomic mass is 35.5. The van der Waals surface area contributed by atoms with Crippen LogP contribution in [0.1, 0.15) is 36.7 Å². The molecule has 3 aromatic rings. The second kappa shape index (κ2) is 9.61. The minimum Gasteiger partial charge on any atom is -0.488 e. The molecule has 28 heavy (non-hydrogen) atoms. The highest BCUT2D eigenvalue weighted by Crippen LogP contribution is 2.23. The number of hydrogen-bond acceptors (Lipinski definition) is 4. The molecule has 5 nitrogen and oxygen atoms in total. The molecule has 1 heterocycles. The van der Waals surface area contributed by atoms with E-state index in [2.05, 4.69) is 22.2 Å². The molecule has 1 N–H and O–H groups in total. The first-order chi connectivity index (χ1) is 13.6. The molecule has 0 saturated carbocycles. The van der Waals surface area contributed by atoms with Gasteiger partial charge in [-0.1, -0.05) is 43.1 Å². The van der Waals surface area contributed by atoms with Crippen molar-refractivity contribution in [1.29, 1.82) is 0 Å². The van der Waals surface area contributed by atoms with Crippen molar-refractivity contribution in [3.63, 3.8) is 0 Å². The number of hydrogen-bond donors (Lipinski definition) is 1. The van der Waals surface area contributed by atoms with Crippen LogP contribution in [0.3, 0.4) is 0 Å². The molecule has 0 bridgehead atoms. The number of halogens is 2. The molecule has 3 rings (SSSR count). The quantitative estimate of drug-likeness (QED) is 0.386. The third kappa shape index (κ3) is 4.85. The van der Waals surface area contributed by atoms with Crippen molar-refractivity contribution in [1.82, 2.24) is 14.9 Å². The van der Waals surface area contributed by atoms with Crippen LogP contribution in [-0.2, 0) is 13.0 Å². The lowest BCUT2D eigenvalue weighted by Gasteiger charge is -2.11. The van der Waals surface area contributed by atoms with Gasteiger partial charge in [-0.15, -0.1) is 0 Å². The molecule has 8 heteroatoms. The Morgan fingerprint density at radius 3 is 2.89 bits per heavy atom. The molecule has 0 radical (unpaired) electrons. The van der Waals surface area contributed by atoms with Crippen LogP contribution in [0.2, 0.25) is 5.02 Å². The minimum absolute atomic E-state index is 0.0171. The average molecular weight is 419 g/mol. The number of ether oxygens (including phenoxy) is 1. The number of para-hydroxylation sites is 1. The maximum absolute atomic E-state index is 14.0. The summed E-state index contributed by atoms with van der Waals surface area (Å²) in [6.07, 6.45) is 4.49. The first-order valence-electron chi connectivity index (χ1n) is 8.95. The fourth-order valence-corrected chi connectivity index (χ4v) is 3.01. The lowest BCUT2D eigenvalue weighted by molar-refractivity contribution is 0.299. The Morgan fingerprint density at radius 1 is 1.29 bits per heavy atom. The molecule has 0 unspecified atom stereocenters. The first kappa shape index (κ1) is 20.2. The van der Waals surface area contributed by atoms with E-state index >= 15 is 0 Å². The summed E-state index contributed by atoms with van der Waals surface area (Å²) in [5.74, 6) is 0.944. The second-order valence-corrected chi connectivity index (χ2v) is 6.93. The zero-order valence-corrected chi connectivity index (χ0v) is 16.9. The number of nitrogens with one attached hydrogen (secondary N) is 1. The number of aromatic nitrogens is 3. The van der Waals surface area contributed by atoms with Gasteiger partial charge in [0.15, 0.2) is 5.82 Å². The zero-order valence-electron chi connectivity index (χ0n) is 15.4. The molecular formula is C20H20ClFN4OS. The van der Waals surface area contributed by atoms with Crippen LogP contribution in [-0.4, -0.2) is 21.1 Å². The smallest absolute Gasteiger partial charge is 0.216 e. The molecule has 2 aromatic carbocycles. The predicted molar refractivity (Wildman–Crippen MR) is 111 cm³/mol. The molecule has 1 aromatic heterocycles. The molecular weight excluding hydrogens is 399 g/mol. The topological polar surface area (TPSA) is 55.2 Å². The van der Waals surface area contributed by atoms with Gasteiger partial charge in [0.1, 0.15) is 18.2 Å². The summed E-state index contributed by atoms with van der Waals surface area (Å²) >= 11 is 11.3. The van der Waals surface area contributed by atoms with Gasteiger partial charge in [0, 0.05) is 17.5 Å². The number of aromatic amines is 1. The monoisotopic (exact) mass is 418 g/mol. The average Bonchev–Trinajstić information content (AvgIpc) is 3.04. The van der Waals surface area contributed by atoms with Crippen LogP contribution in [0, 0.1) is 10.6 Å². The molecule has 0 spiro atoms. The number of H-pyrrole nitrogens is 1. The van der Waals surface area contributed by atoms with E-state index in [0.29, 0.717) is 21.1 Å². The number of nitrogens with zero attached hydrogens (tertiary/aromatic N) is 3. The maximum Gasteiger partial charge on any atom is 0.216 e. The molecule has 146 valence electrons. The molecule has 0 atom stereocenters. The van der Waals surface area contributed by atoms with Crippen LogP contribution >= 0.6 is 23.8 Å². The Labute approximate surface area is 172 Å². The van der Waals surface area contributed by atoms with Gasteiger partial charge in [-0.05, 0) is 42.9 Å². The van der Waals surface area contributed by atoms with Crippen LogP contribution in [0.4, 0.5) is 4.39 Å². The summed E-state index contributed by atoms with van der Waals surface area (Å²) in [6.45, 7) is 2.13. The second-order valence-electron chi connectivity index (χ2n) is 6.13. The molecule has 0 aliphatic heterocycles. The normalized spacial score (nSPS) is 11.2. The largest absolute Gasteiger partial charge is 0.488 e. The number of unbranched alkanes of at least 4 members (excludes halogenated alkanes) is 1.